The van der Waals surface area contributed by atoms with Crippen molar-refractivity contribution in [3.05, 3.63) is 22.4 Å². The van der Waals surface area contributed by atoms with Gasteiger partial charge in [-0.2, -0.15) is 16.4 Å². The first-order valence-electron chi connectivity index (χ1n) is 4.05. The maximum Gasteiger partial charge on any atom is 0.242 e. The van der Waals surface area contributed by atoms with Crippen LogP contribution in [-0.4, -0.2) is 12.1 Å². The van der Waals surface area contributed by atoms with Gasteiger partial charge >= 0.3 is 0 Å². The van der Waals surface area contributed by atoms with E-state index < -0.39 is 0 Å². The average molecular weight is 196 g/mol. The largest absolute Gasteiger partial charge is 0.273 e. The fraction of sp³-hybridized carbons (Fsp3) is 0.333. The molecule has 0 aliphatic rings. The molecule has 0 aliphatic carbocycles. The zero-order valence-corrected chi connectivity index (χ0v) is 8.47. The van der Waals surface area contributed by atoms with Crippen molar-refractivity contribution in [2.75, 3.05) is 0 Å². The number of carbonyl (C=O) groups is 1. The topological polar surface area (TPSA) is 41.5 Å². The van der Waals surface area contributed by atoms with Crippen molar-refractivity contribution in [1.82, 2.24) is 5.43 Å². The minimum Gasteiger partial charge on any atom is -0.273 e. The number of hydrogen-bond acceptors (Lipinski definition) is 3. The van der Waals surface area contributed by atoms with E-state index in [1.54, 1.807) is 17.6 Å². The van der Waals surface area contributed by atoms with Gasteiger partial charge in [0, 0.05) is 11.5 Å². The van der Waals surface area contributed by atoms with E-state index >= 15 is 0 Å². The van der Waals surface area contributed by atoms with Crippen LogP contribution in [0, 0.1) is 5.92 Å². The van der Waals surface area contributed by atoms with Crippen LogP contribution in [0.1, 0.15) is 19.4 Å². The van der Waals surface area contributed by atoms with Gasteiger partial charge in [-0.1, -0.05) is 13.8 Å². The molecule has 4 heteroatoms. The molecule has 1 amide bonds. The van der Waals surface area contributed by atoms with E-state index in [0.29, 0.717) is 0 Å². The lowest BCUT2D eigenvalue weighted by Crippen LogP contribution is -2.22. The Hall–Kier alpha value is -1.16. The molecule has 0 spiro atoms. The van der Waals surface area contributed by atoms with Gasteiger partial charge in [0.25, 0.3) is 0 Å². The average Bonchev–Trinajstić information content (AvgIpc) is 2.56. The van der Waals surface area contributed by atoms with Crippen LogP contribution in [0.2, 0.25) is 0 Å². The van der Waals surface area contributed by atoms with E-state index in [1.165, 1.54) is 0 Å². The third-order valence-corrected chi connectivity index (χ3v) is 2.16. The van der Waals surface area contributed by atoms with Gasteiger partial charge in [-0.3, -0.25) is 4.79 Å². The summed E-state index contributed by atoms with van der Waals surface area (Å²) in [5, 5.41) is 7.74. The third kappa shape index (κ3) is 3.38. The molecule has 1 rings (SSSR count). The monoisotopic (exact) mass is 196 g/mol. The standard InChI is InChI=1S/C9H12N2OS/c1-7(2)9(12)11-10-5-8-3-4-13-6-8/h3-7H,1-2H3,(H,11,12)/b10-5-. The highest BCUT2D eigenvalue weighted by molar-refractivity contribution is 7.08. The fourth-order valence-corrected chi connectivity index (χ4v) is 1.26. The number of carbonyl (C=O) groups excluding carboxylic acids is 1. The van der Waals surface area contributed by atoms with E-state index in [1.807, 2.05) is 30.7 Å². The second kappa shape index (κ2) is 4.77. The zero-order valence-electron chi connectivity index (χ0n) is 7.65. The molecule has 0 bridgehead atoms. The Morgan fingerprint density at radius 3 is 3.00 bits per heavy atom. The fourth-order valence-electron chi connectivity index (χ4n) is 0.648. The summed E-state index contributed by atoms with van der Waals surface area (Å²) in [6, 6.07) is 1.94. The molecule has 1 heterocycles. The van der Waals surface area contributed by atoms with E-state index in [0.717, 1.165) is 5.56 Å². The summed E-state index contributed by atoms with van der Waals surface area (Å²) in [5.41, 5.74) is 3.46. The number of nitrogens with one attached hydrogen (secondary N) is 1. The Morgan fingerprint density at radius 1 is 1.69 bits per heavy atom. The number of hydrazone groups is 1. The van der Waals surface area contributed by atoms with Crippen molar-refractivity contribution in [3.63, 3.8) is 0 Å². The van der Waals surface area contributed by atoms with Gasteiger partial charge in [-0.05, 0) is 16.8 Å². The van der Waals surface area contributed by atoms with Gasteiger partial charge in [-0.25, -0.2) is 5.43 Å². The second-order valence-corrected chi connectivity index (χ2v) is 3.73. The Kier molecular flexibility index (Phi) is 3.64. The first kappa shape index (κ1) is 9.92. The van der Waals surface area contributed by atoms with Crippen molar-refractivity contribution in [3.8, 4) is 0 Å². The number of hydrogen-bond donors (Lipinski definition) is 1. The highest BCUT2D eigenvalue weighted by Crippen LogP contribution is 2.02. The highest BCUT2D eigenvalue weighted by atomic mass is 32.1. The van der Waals surface area contributed by atoms with Crippen LogP contribution >= 0.6 is 11.3 Å². The summed E-state index contributed by atoms with van der Waals surface area (Å²) >= 11 is 1.60. The van der Waals surface area contributed by atoms with Crippen LogP contribution in [0.25, 0.3) is 0 Å². The predicted molar refractivity (Wildman–Crippen MR) is 54.9 cm³/mol. The van der Waals surface area contributed by atoms with Crippen LogP contribution in [0.4, 0.5) is 0 Å². The van der Waals surface area contributed by atoms with Crippen LogP contribution < -0.4 is 5.43 Å². The Labute approximate surface area is 81.5 Å². The Balaban J connectivity index is 2.39. The van der Waals surface area contributed by atoms with E-state index in [-0.39, 0.29) is 11.8 Å². The van der Waals surface area contributed by atoms with E-state index in [4.69, 9.17) is 0 Å². The van der Waals surface area contributed by atoms with E-state index in [2.05, 4.69) is 10.5 Å². The summed E-state index contributed by atoms with van der Waals surface area (Å²) in [5.74, 6) is -0.0916. The summed E-state index contributed by atoms with van der Waals surface area (Å²) in [7, 11) is 0. The lowest BCUT2D eigenvalue weighted by atomic mass is 10.2. The van der Waals surface area contributed by atoms with E-state index in [9.17, 15) is 4.79 Å². The molecule has 0 fully saturated rings. The maximum absolute atomic E-state index is 11.0. The summed E-state index contributed by atoms with van der Waals surface area (Å²) < 4.78 is 0. The lowest BCUT2D eigenvalue weighted by molar-refractivity contribution is -0.123. The second-order valence-electron chi connectivity index (χ2n) is 2.95. The van der Waals surface area contributed by atoms with Gasteiger partial charge in [-0.15, -0.1) is 0 Å². The van der Waals surface area contributed by atoms with Crippen molar-refractivity contribution in [1.29, 1.82) is 0 Å². The van der Waals surface area contributed by atoms with Gasteiger partial charge in [0.2, 0.25) is 5.91 Å². The summed E-state index contributed by atoms with van der Waals surface area (Å²) in [4.78, 5) is 11.0. The summed E-state index contributed by atoms with van der Waals surface area (Å²) in [6.07, 6.45) is 1.64. The normalized spacial score (nSPS) is 11.0. The van der Waals surface area contributed by atoms with Crippen LogP contribution in [0.5, 0.6) is 0 Å². The first-order chi connectivity index (χ1) is 6.20. The van der Waals surface area contributed by atoms with Crippen LogP contribution in [-0.2, 0) is 4.79 Å². The quantitative estimate of drug-likeness (QED) is 0.582. The molecular weight excluding hydrogens is 184 g/mol. The molecule has 0 saturated carbocycles. The van der Waals surface area contributed by atoms with Gasteiger partial charge in [0.1, 0.15) is 0 Å². The predicted octanol–water partition coefficient (Wildman–Crippen LogP) is 1.85. The smallest absolute Gasteiger partial charge is 0.242 e. The molecule has 0 aliphatic heterocycles. The van der Waals surface area contributed by atoms with Crippen molar-refractivity contribution in [2.24, 2.45) is 11.0 Å². The molecule has 70 valence electrons. The molecule has 3 nitrogen and oxygen atoms in total. The molecule has 0 saturated heterocycles. The minimum absolute atomic E-state index is 0.0281. The highest BCUT2D eigenvalue weighted by Gasteiger charge is 2.03. The zero-order chi connectivity index (χ0) is 9.68. The molecular formula is C9H12N2OS. The molecule has 0 radical (unpaired) electrons. The van der Waals surface area contributed by atoms with Gasteiger partial charge in [0.15, 0.2) is 0 Å². The van der Waals surface area contributed by atoms with Gasteiger partial charge in [0.05, 0.1) is 6.21 Å². The molecule has 0 atom stereocenters. The molecule has 0 unspecified atom stereocenters. The maximum atomic E-state index is 11.0. The Morgan fingerprint density at radius 2 is 2.46 bits per heavy atom. The van der Waals surface area contributed by atoms with Crippen LogP contribution in [0.3, 0.4) is 0 Å². The molecule has 1 aromatic heterocycles. The minimum atomic E-state index is -0.0634. The van der Waals surface area contributed by atoms with Crippen molar-refractivity contribution in [2.45, 2.75) is 13.8 Å². The number of amides is 1. The Bertz CT molecular complexity index is 291. The lowest BCUT2D eigenvalue weighted by Gasteiger charge is -2.00. The summed E-state index contributed by atoms with van der Waals surface area (Å²) in [6.45, 7) is 3.66. The van der Waals surface area contributed by atoms with Crippen molar-refractivity contribution < 1.29 is 4.79 Å². The molecule has 0 aromatic carbocycles. The SMILES string of the molecule is CC(C)C(=O)N/N=C\c1ccsc1. The number of thiophene rings is 1. The molecule has 1 aromatic rings. The van der Waals surface area contributed by atoms with Gasteiger partial charge < -0.3 is 0 Å². The number of rotatable bonds is 3. The first-order valence-corrected chi connectivity index (χ1v) is 4.99. The third-order valence-electron chi connectivity index (χ3n) is 1.46. The van der Waals surface area contributed by atoms with Crippen LogP contribution in [0.15, 0.2) is 21.9 Å². The van der Waals surface area contributed by atoms with Crippen molar-refractivity contribution >= 4 is 23.5 Å². The molecule has 13 heavy (non-hydrogen) atoms. The molecule has 1 N–H and O–H groups in total. The number of nitrogens with zero attached hydrogens (tertiary/aromatic N) is 1.